The Hall–Kier alpha value is -4.06. The summed E-state index contributed by atoms with van der Waals surface area (Å²) in [5, 5.41) is 0. The number of aryl methyl sites for hydroxylation is 2. The number of hydrogen-bond donors (Lipinski definition) is 0. The Morgan fingerprint density at radius 2 is 1.63 bits per heavy atom. The number of nitrogens with zero attached hydrogens (tertiary/aromatic N) is 9. The van der Waals surface area contributed by atoms with Gasteiger partial charge in [-0.25, -0.2) is 9.97 Å². The van der Waals surface area contributed by atoms with Crippen LogP contribution in [0.5, 0.6) is 0 Å². The molecular formula is C26H31N9O3. The van der Waals surface area contributed by atoms with E-state index in [4.69, 9.17) is 24.7 Å². The Kier molecular flexibility index (Phi) is 6.18. The fraction of sp³-hybridized carbons (Fsp3) is 0.462. The summed E-state index contributed by atoms with van der Waals surface area (Å²) >= 11 is 0. The van der Waals surface area contributed by atoms with Crippen LogP contribution in [0.15, 0.2) is 24.3 Å². The first-order chi connectivity index (χ1) is 18.5. The maximum absolute atomic E-state index is 13.6. The number of rotatable bonds is 4. The second-order valence-electron chi connectivity index (χ2n) is 9.62. The van der Waals surface area contributed by atoms with Gasteiger partial charge in [-0.1, -0.05) is 19.1 Å². The van der Waals surface area contributed by atoms with Crippen molar-refractivity contribution in [2.24, 2.45) is 7.05 Å². The third-order valence-electron chi connectivity index (χ3n) is 7.35. The number of imidazole rings is 2. The fourth-order valence-corrected chi connectivity index (χ4v) is 5.22. The average Bonchev–Trinajstić information content (AvgIpc) is 3.50. The van der Waals surface area contributed by atoms with Gasteiger partial charge in [-0.05, 0) is 12.1 Å². The molecule has 0 radical (unpaired) electrons. The van der Waals surface area contributed by atoms with E-state index in [0.29, 0.717) is 87.7 Å². The molecule has 12 nitrogen and oxygen atoms in total. The maximum Gasteiger partial charge on any atom is 0.290 e. The van der Waals surface area contributed by atoms with Gasteiger partial charge in [0.05, 0.1) is 24.2 Å². The second-order valence-corrected chi connectivity index (χ2v) is 9.62. The third-order valence-corrected chi connectivity index (χ3v) is 7.35. The topological polar surface area (TPSA) is 115 Å². The molecule has 6 rings (SSSR count). The van der Waals surface area contributed by atoms with E-state index < -0.39 is 0 Å². The lowest BCUT2D eigenvalue weighted by atomic mass is 10.3. The number of morpholine rings is 1. The highest BCUT2D eigenvalue weighted by Crippen LogP contribution is 2.29. The van der Waals surface area contributed by atoms with Gasteiger partial charge in [-0.2, -0.15) is 9.97 Å². The monoisotopic (exact) mass is 517 g/mol. The summed E-state index contributed by atoms with van der Waals surface area (Å²) in [6, 6.07) is 7.95. The molecule has 12 heteroatoms. The van der Waals surface area contributed by atoms with Crippen molar-refractivity contribution in [3.63, 3.8) is 0 Å². The highest BCUT2D eigenvalue weighted by molar-refractivity contribution is 5.97. The van der Waals surface area contributed by atoms with Crippen LogP contribution in [-0.2, 0) is 23.0 Å². The molecule has 2 fully saturated rings. The lowest BCUT2D eigenvalue weighted by Gasteiger charge is -2.33. The number of anilines is 1. The smallest absolute Gasteiger partial charge is 0.290 e. The van der Waals surface area contributed by atoms with E-state index in [-0.39, 0.29) is 11.8 Å². The first-order valence-corrected chi connectivity index (χ1v) is 13.0. The lowest BCUT2D eigenvalue weighted by molar-refractivity contribution is -0.130. The molecule has 38 heavy (non-hydrogen) atoms. The molecule has 1 aromatic carbocycles. The Bertz CT molecular complexity index is 1530. The second kappa shape index (κ2) is 9.67. The molecule has 0 N–H and O–H groups in total. The Labute approximate surface area is 219 Å². The van der Waals surface area contributed by atoms with Crippen LogP contribution in [0.1, 0.15) is 30.3 Å². The molecule has 3 aromatic heterocycles. The van der Waals surface area contributed by atoms with E-state index in [1.807, 2.05) is 35.9 Å². The first kappa shape index (κ1) is 24.3. The van der Waals surface area contributed by atoms with Crippen molar-refractivity contribution in [1.29, 1.82) is 0 Å². The van der Waals surface area contributed by atoms with Crippen molar-refractivity contribution in [3.05, 3.63) is 35.9 Å². The summed E-state index contributed by atoms with van der Waals surface area (Å²) in [6.07, 6.45) is 0.713. The molecule has 2 aliphatic heterocycles. The quantitative estimate of drug-likeness (QED) is 0.399. The van der Waals surface area contributed by atoms with Gasteiger partial charge in [0.15, 0.2) is 17.0 Å². The molecule has 0 unspecified atom stereocenters. The van der Waals surface area contributed by atoms with Crippen molar-refractivity contribution in [1.82, 2.24) is 38.9 Å². The summed E-state index contributed by atoms with van der Waals surface area (Å²) < 4.78 is 9.34. The molecule has 2 aliphatic rings. The lowest BCUT2D eigenvalue weighted by Crippen LogP contribution is -2.50. The van der Waals surface area contributed by atoms with Crippen LogP contribution in [0.4, 0.5) is 5.82 Å². The van der Waals surface area contributed by atoms with Gasteiger partial charge >= 0.3 is 0 Å². The number of ether oxygens (including phenoxy) is 1. The molecule has 0 atom stereocenters. The highest BCUT2D eigenvalue weighted by Gasteiger charge is 2.30. The van der Waals surface area contributed by atoms with Crippen molar-refractivity contribution < 1.29 is 14.3 Å². The number of benzene rings is 1. The minimum absolute atomic E-state index is 0.0243. The average molecular weight is 518 g/mol. The molecule has 0 spiro atoms. The van der Waals surface area contributed by atoms with Gasteiger partial charge in [-0.15, -0.1) is 0 Å². The largest absolute Gasteiger partial charge is 0.378 e. The van der Waals surface area contributed by atoms with Gasteiger partial charge in [0.1, 0.15) is 5.82 Å². The summed E-state index contributed by atoms with van der Waals surface area (Å²) in [5.41, 5.74) is 2.98. The van der Waals surface area contributed by atoms with E-state index in [0.717, 1.165) is 16.9 Å². The number of hydrogen-bond acceptors (Lipinski definition) is 8. The Morgan fingerprint density at radius 3 is 2.34 bits per heavy atom. The van der Waals surface area contributed by atoms with Crippen LogP contribution < -0.4 is 4.90 Å². The number of carbonyl (C=O) groups excluding carboxylic acids is 2. The molecule has 198 valence electrons. The standard InChI is InChI=1S/C26H31N9O3/c1-4-20-27-18-7-5-6-8-19(18)35(20)26-29-22-21(23(30-26)33-13-15-38-16-14-33)28-24(31(22)3)25(37)34-11-9-32(10-12-34)17(2)36/h5-8H,4,9-16H2,1-3H3. The maximum atomic E-state index is 13.6. The van der Waals surface area contributed by atoms with Gasteiger partial charge in [0.25, 0.3) is 5.91 Å². The Balaban J connectivity index is 1.48. The van der Waals surface area contributed by atoms with Crippen LogP contribution in [0.3, 0.4) is 0 Å². The summed E-state index contributed by atoms with van der Waals surface area (Å²) in [7, 11) is 1.82. The molecule has 2 saturated heterocycles. The SMILES string of the molecule is CCc1nc2ccccc2n1-c1nc(N2CCOCC2)c2nc(C(=O)N3CCN(C(C)=O)CC3)n(C)c2n1. The zero-order valence-electron chi connectivity index (χ0n) is 21.9. The summed E-state index contributed by atoms with van der Waals surface area (Å²) in [5.74, 6) is 2.20. The number of para-hydroxylation sites is 2. The zero-order chi connectivity index (χ0) is 26.4. The summed E-state index contributed by atoms with van der Waals surface area (Å²) in [4.78, 5) is 50.5. The molecule has 0 bridgehead atoms. The van der Waals surface area contributed by atoms with Crippen LogP contribution in [-0.4, -0.2) is 103 Å². The number of piperazine rings is 1. The minimum atomic E-state index is -0.175. The summed E-state index contributed by atoms with van der Waals surface area (Å²) in [6.45, 7) is 8.11. The first-order valence-electron chi connectivity index (χ1n) is 13.0. The van der Waals surface area contributed by atoms with Crippen molar-refractivity contribution in [2.45, 2.75) is 20.3 Å². The van der Waals surface area contributed by atoms with Crippen molar-refractivity contribution in [3.8, 4) is 5.95 Å². The van der Waals surface area contributed by atoms with Crippen LogP contribution in [0.2, 0.25) is 0 Å². The van der Waals surface area contributed by atoms with Crippen LogP contribution in [0, 0.1) is 0 Å². The molecule has 5 heterocycles. The molecular weight excluding hydrogens is 486 g/mol. The Morgan fingerprint density at radius 1 is 0.921 bits per heavy atom. The van der Waals surface area contributed by atoms with E-state index in [2.05, 4.69) is 11.8 Å². The molecule has 0 saturated carbocycles. The van der Waals surface area contributed by atoms with E-state index in [1.165, 1.54) is 0 Å². The van der Waals surface area contributed by atoms with Gasteiger partial charge in [0.2, 0.25) is 17.7 Å². The molecule has 2 amide bonds. The predicted molar refractivity (Wildman–Crippen MR) is 141 cm³/mol. The van der Waals surface area contributed by atoms with Crippen LogP contribution >= 0.6 is 0 Å². The molecule has 0 aliphatic carbocycles. The predicted octanol–water partition coefficient (Wildman–Crippen LogP) is 1.41. The molecule has 4 aromatic rings. The number of amides is 2. The van der Waals surface area contributed by atoms with Crippen molar-refractivity contribution >= 4 is 39.8 Å². The third kappa shape index (κ3) is 4.05. The zero-order valence-corrected chi connectivity index (χ0v) is 21.9. The van der Waals surface area contributed by atoms with E-state index >= 15 is 0 Å². The van der Waals surface area contributed by atoms with Crippen molar-refractivity contribution in [2.75, 3.05) is 57.4 Å². The number of aromatic nitrogens is 6. The van der Waals surface area contributed by atoms with Gasteiger partial charge in [-0.3, -0.25) is 14.2 Å². The number of fused-ring (bicyclic) bond motifs is 2. The fourth-order valence-electron chi connectivity index (χ4n) is 5.22. The van der Waals surface area contributed by atoms with E-state index in [1.54, 1.807) is 21.3 Å². The number of carbonyl (C=O) groups is 2. The highest BCUT2D eigenvalue weighted by atomic mass is 16.5. The van der Waals surface area contributed by atoms with E-state index in [9.17, 15) is 9.59 Å². The normalized spacial score (nSPS) is 16.6. The van der Waals surface area contributed by atoms with Gasteiger partial charge < -0.3 is 24.0 Å². The van der Waals surface area contributed by atoms with Gasteiger partial charge in [0, 0.05) is 59.7 Å². The van der Waals surface area contributed by atoms with Crippen LogP contribution in [0.25, 0.3) is 28.1 Å². The minimum Gasteiger partial charge on any atom is -0.378 e.